The first-order valence-electron chi connectivity index (χ1n) is 6.48. The van der Waals surface area contributed by atoms with E-state index in [1.165, 1.54) is 12.8 Å². The monoisotopic (exact) mass is 264 g/mol. The number of amides is 2. The highest BCUT2D eigenvalue weighted by molar-refractivity contribution is 7.09. The number of thiazole rings is 1. The van der Waals surface area contributed by atoms with E-state index in [0.717, 1.165) is 17.7 Å². The molecule has 1 aromatic rings. The smallest absolute Gasteiger partial charge is 0.230 e. The van der Waals surface area contributed by atoms with Crippen LogP contribution in [0, 0.1) is 11.8 Å². The van der Waals surface area contributed by atoms with Gasteiger partial charge in [-0.2, -0.15) is 0 Å². The Morgan fingerprint density at radius 2 is 2.06 bits per heavy atom. The molecule has 3 rings (SSSR count). The minimum atomic E-state index is -0.146. The summed E-state index contributed by atoms with van der Waals surface area (Å²) >= 11 is 1.55. The molecule has 1 saturated heterocycles. The molecule has 2 fully saturated rings. The fraction of sp³-hybridized carbons (Fsp3) is 0.615. The lowest BCUT2D eigenvalue weighted by molar-refractivity contribution is -0.138. The van der Waals surface area contributed by atoms with E-state index in [1.54, 1.807) is 16.8 Å². The molecule has 2 unspecified atom stereocenters. The van der Waals surface area contributed by atoms with Crippen molar-refractivity contribution in [2.45, 2.75) is 38.0 Å². The third-order valence-corrected chi connectivity index (χ3v) is 5.04. The zero-order valence-corrected chi connectivity index (χ0v) is 10.9. The molecule has 96 valence electrons. The SMILES string of the molecule is O=C1CC(c2cncs2)C(C2CCCC2)C(=O)N1. The third-order valence-electron chi connectivity index (χ3n) is 4.13. The van der Waals surface area contributed by atoms with E-state index < -0.39 is 0 Å². The summed E-state index contributed by atoms with van der Waals surface area (Å²) in [6, 6.07) is 0. The molecule has 1 aromatic heterocycles. The summed E-state index contributed by atoms with van der Waals surface area (Å²) in [5.74, 6) is 0.224. The second kappa shape index (κ2) is 4.80. The van der Waals surface area contributed by atoms with Gasteiger partial charge < -0.3 is 0 Å². The first-order chi connectivity index (χ1) is 8.75. The summed E-state index contributed by atoms with van der Waals surface area (Å²) in [7, 11) is 0. The molecule has 2 atom stereocenters. The second-order valence-corrected chi connectivity index (χ2v) is 6.12. The summed E-state index contributed by atoms with van der Waals surface area (Å²) in [6.07, 6.45) is 6.87. The Balaban J connectivity index is 1.90. The van der Waals surface area contributed by atoms with Gasteiger partial charge in [0.1, 0.15) is 0 Å². The highest BCUT2D eigenvalue weighted by Gasteiger charge is 2.42. The number of carbonyl (C=O) groups is 2. The van der Waals surface area contributed by atoms with E-state index in [0.29, 0.717) is 12.3 Å². The Labute approximate surface area is 110 Å². The van der Waals surface area contributed by atoms with E-state index in [9.17, 15) is 9.59 Å². The minimum Gasteiger partial charge on any atom is -0.296 e. The molecule has 1 aliphatic heterocycles. The van der Waals surface area contributed by atoms with Crippen molar-refractivity contribution in [1.29, 1.82) is 0 Å². The first kappa shape index (κ1) is 11.8. The number of hydrogen-bond acceptors (Lipinski definition) is 4. The number of carbonyl (C=O) groups excluding carboxylic acids is 2. The number of aromatic nitrogens is 1. The number of piperidine rings is 1. The predicted molar refractivity (Wildman–Crippen MR) is 68.1 cm³/mol. The molecular weight excluding hydrogens is 248 g/mol. The van der Waals surface area contributed by atoms with Crippen molar-refractivity contribution in [2.24, 2.45) is 11.8 Å². The van der Waals surface area contributed by atoms with Crippen LogP contribution in [0.5, 0.6) is 0 Å². The van der Waals surface area contributed by atoms with E-state index in [2.05, 4.69) is 10.3 Å². The number of rotatable bonds is 2. The van der Waals surface area contributed by atoms with Gasteiger partial charge in [-0.15, -0.1) is 11.3 Å². The van der Waals surface area contributed by atoms with Crippen molar-refractivity contribution in [3.63, 3.8) is 0 Å². The molecule has 2 aliphatic rings. The van der Waals surface area contributed by atoms with Crippen LogP contribution >= 0.6 is 11.3 Å². The van der Waals surface area contributed by atoms with Gasteiger partial charge in [0.25, 0.3) is 0 Å². The molecule has 0 radical (unpaired) electrons. The number of imide groups is 1. The van der Waals surface area contributed by atoms with Gasteiger partial charge in [0.05, 0.1) is 5.51 Å². The van der Waals surface area contributed by atoms with Crippen LogP contribution in [0.25, 0.3) is 0 Å². The molecular formula is C13H16N2O2S. The molecule has 0 aromatic carbocycles. The maximum Gasteiger partial charge on any atom is 0.230 e. The van der Waals surface area contributed by atoms with Crippen LogP contribution in [0.3, 0.4) is 0 Å². The van der Waals surface area contributed by atoms with Gasteiger partial charge in [0, 0.05) is 29.3 Å². The van der Waals surface area contributed by atoms with Crippen LogP contribution < -0.4 is 5.32 Å². The van der Waals surface area contributed by atoms with Crippen LogP contribution in [-0.2, 0) is 9.59 Å². The Morgan fingerprint density at radius 1 is 1.28 bits per heavy atom. The first-order valence-corrected chi connectivity index (χ1v) is 7.36. The van der Waals surface area contributed by atoms with E-state index >= 15 is 0 Å². The lowest BCUT2D eigenvalue weighted by atomic mass is 9.75. The zero-order valence-electron chi connectivity index (χ0n) is 10.1. The maximum atomic E-state index is 12.1. The minimum absolute atomic E-state index is 0.0364. The zero-order chi connectivity index (χ0) is 12.5. The Kier molecular flexibility index (Phi) is 3.16. The van der Waals surface area contributed by atoms with Gasteiger partial charge in [0.15, 0.2) is 0 Å². The van der Waals surface area contributed by atoms with Crippen LogP contribution in [-0.4, -0.2) is 16.8 Å². The van der Waals surface area contributed by atoms with Gasteiger partial charge in [-0.1, -0.05) is 12.8 Å². The van der Waals surface area contributed by atoms with Crippen LogP contribution in [0.15, 0.2) is 11.7 Å². The number of nitrogens with one attached hydrogen (secondary N) is 1. The molecule has 1 saturated carbocycles. The average molecular weight is 264 g/mol. The fourth-order valence-corrected chi connectivity index (χ4v) is 4.10. The van der Waals surface area contributed by atoms with Crippen molar-refractivity contribution in [1.82, 2.24) is 10.3 Å². The van der Waals surface area contributed by atoms with Crippen molar-refractivity contribution < 1.29 is 9.59 Å². The number of nitrogens with zero attached hydrogens (tertiary/aromatic N) is 1. The van der Waals surface area contributed by atoms with Crippen molar-refractivity contribution in [2.75, 3.05) is 0 Å². The summed E-state index contributed by atoms with van der Waals surface area (Å²) in [5.41, 5.74) is 1.78. The summed E-state index contributed by atoms with van der Waals surface area (Å²) < 4.78 is 0. The van der Waals surface area contributed by atoms with Crippen LogP contribution in [0.1, 0.15) is 42.9 Å². The lowest BCUT2D eigenvalue weighted by Crippen LogP contribution is -2.47. The highest BCUT2D eigenvalue weighted by atomic mass is 32.1. The molecule has 5 heteroatoms. The van der Waals surface area contributed by atoms with Gasteiger partial charge in [-0.05, 0) is 18.8 Å². The van der Waals surface area contributed by atoms with Crippen LogP contribution in [0.4, 0.5) is 0 Å². The highest BCUT2D eigenvalue weighted by Crippen LogP contribution is 2.43. The Morgan fingerprint density at radius 3 is 2.72 bits per heavy atom. The summed E-state index contributed by atoms with van der Waals surface area (Å²) in [4.78, 5) is 28.9. The molecule has 4 nitrogen and oxygen atoms in total. The molecule has 1 aliphatic carbocycles. The standard InChI is InChI=1S/C13H16N2O2S/c16-11-5-9(10-6-14-7-18-10)12(13(17)15-11)8-3-1-2-4-8/h6-9,12H,1-5H2,(H,15,16,17). The quantitative estimate of drug-likeness (QED) is 0.832. The van der Waals surface area contributed by atoms with Crippen molar-refractivity contribution >= 4 is 23.2 Å². The van der Waals surface area contributed by atoms with Crippen LogP contribution in [0.2, 0.25) is 0 Å². The van der Waals surface area contributed by atoms with Gasteiger partial charge in [-0.25, -0.2) is 0 Å². The topological polar surface area (TPSA) is 59.1 Å². The molecule has 18 heavy (non-hydrogen) atoms. The van der Waals surface area contributed by atoms with Gasteiger partial charge >= 0.3 is 0 Å². The van der Waals surface area contributed by atoms with Gasteiger partial charge in [-0.3, -0.25) is 19.9 Å². The third kappa shape index (κ3) is 2.07. The summed E-state index contributed by atoms with van der Waals surface area (Å²) in [6.45, 7) is 0. The fourth-order valence-electron chi connectivity index (χ4n) is 3.33. The lowest BCUT2D eigenvalue weighted by Gasteiger charge is -2.33. The largest absolute Gasteiger partial charge is 0.296 e. The second-order valence-electron chi connectivity index (χ2n) is 5.20. The predicted octanol–water partition coefficient (Wildman–Crippen LogP) is 2.08. The molecule has 2 heterocycles. The van der Waals surface area contributed by atoms with E-state index in [-0.39, 0.29) is 23.7 Å². The van der Waals surface area contributed by atoms with Gasteiger partial charge in [0.2, 0.25) is 11.8 Å². The normalized spacial score (nSPS) is 29.6. The maximum absolute atomic E-state index is 12.1. The van der Waals surface area contributed by atoms with Crippen molar-refractivity contribution in [3.05, 3.63) is 16.6 Å². The molecule has 1 N–H and O–H groups in total. The molecule has 0 bridgehead atoms. The van der Waals surface area contributed by atoms with E-state index in [4.69, 9.17) is 0 Å². The molecule has 0 spiro atoms. The van der Waals surface area contributed by atoms with Crippen molar-refractivity contribution in [3.8, 4) is 0 Å². The summed E-state index contributed by atoms with van der Waals surface area (Å²) in [5, 5.41) is 2.50. The number of hydrogen-bond donors (Lipinski definition) is 1. The Bertz CT molecular complexity index is 452. The molecule has 2 amide bonds. The Hall–Kier alpha value is -1.23. The van der Waals surface area contributed by atoms with E-state index in [1.807, 2.05) is 6.20 Å². The average Bonchev–Trinajstić information content (AvgIpc) is 3.01.